The average molecular weight is 268 g/mol. The molecule has 2 nitrogen and oxygen atoms in total. The molecule has 1 aliphatic rings. The molecule has 0 saturated carbocycles. The summed E-state index contributed by atoms with van der Waals surface area (Å²) in [5.74, 6) is 1.69. The van der Waals surface area contributed by atoms with Crippen LogP contribution in [0.4, 0.5) is 11.4 Å². The first-order valence-electron chi connectivity index (χ1n) is 6.07. The minimum atomic E-state index is 0.740. The highest BCUT2D eigenvalue weighted by atomic mass is 35.5. The number of halogens is 1. The van der Waals surface area contributed by atoms with Crippen molar-refractivity contribution in [3.05, 3.63) is 59.6 Å². The maximum absolute atomic E-state index is 6.03. The number of ether oxygens (including phenoxy) is 1. The standard InChI is InChI=1S/C16H10ClNO/c17-11-6-7-12-10(9-11)5-8-15-16(12)18-13-3-1-2-4-14(13)19-15/h1-9,18H. The summed E-state index contributed by atoms with van der Waals surface area (Å²) in [5.41, 5.74) is 1.98. The van der Waals surface area contributed by atoms with Gasteiger partial charge in [0.15, 0.2) is 11.5 Å². The normalized spacial score (nSPS) is 12.3. The van der Waals surface area contributed by atoms with Gasteiger partial charge < -0.3 is 10.1 Å². The Morgan fingerprint density at radius 1 is 0.895 bits per heavy atom. The van der Waals surface area contributed by atoms with Crippen LogP contribution in [0.15, 0.2) is 54.6 Å². The number of hydrogen-bond acceptors (Lipinski definition) is 2. The van der Waals surface area contributed by atoms with Crippen molar-refractivity contribution in [3.63, 3.8) is 0 Å². The number of anilines is 2. The van der Waals surface area contributed by atoms with E-state index in [4.69, 9.17) is 16.3 Å². The van der Waals surface area contributed by atoms with Crippen LogP contribution < -0.4 is 10.1 Å². The Morgan fingerprint density at radius 2 is 1.79 bits per heavy atom. The van der Waals surface area contributed by atoms with Crippen molar-refractivity contribution < 1.29 is 4.74 Å². The maximum Gasteiger partial charge on any atom is 0.151 e. The zero-order chi connectivity index (χ0) is 12.8. The molecule has 0 bridgehead atoms. The molecule has 0 amide bonds. The van der Waals surface area contributed by atoms with E-state index in [9.17, 15) is 0 Å². The average Bonchev–Trinajstić information content (AvgIpc) is 2.44. The van der Waals surface area contributed by atoms with Crippen LogP contribution in [0.2, 0.25) is 5.02 Å². The van der Waals surface area contributed by atoms with Gasteiger partial charge >= 0.3 is 0 Å². The molecule has 0 unspecified atom stereocenters. The number of fused-ring (bicyclic) bond motifs is 4. The summed E-state index contributed by atoms with van der Waals surface area (Å²) in [6.07, 6.45) is 0. The van der Waals surface area contributed by atoms with Crippen molar-refractivity contribution >= 4 is 33.7 Å². The Bertz CT molecular complexity index is 798. The number of rotatable bonds is 0. The Kier molecular flexibility index (Phi) is 2.20. The first kappa shape index (κ1) is 10.7. The molecule has 4 rings (SSSR count). The molecule has 0 spiro atoms. The van der Waals surface area contributed by atoms with E-state index in [1.807, 2.05) is 54.6 Å². The van der Waals surface area contributed by atoms with Crippen molar-refractivity contribution in [1.29, 1.82) is 0 Å². The zero-order valence-electron chi connectivity index (χ0n) is 9.98. The molecule has 1 N–H and O–H groups in total. The van der Waals surface area contributed by atoms with Crippen LogP contribution in [0, 0.1) is 0 Å². The number of benzene rings is 3. The Labute approximate surface area is 115 Å². The number of para-hydroxylation sites is 2. The maximum atomic E-state index is 6.03. The molecule has 92 valence electrons. The number of nitrogens with one attached hydrogen (secondary N) is 1. The van der Waals surface area contributed by atoms with Crippen LogP contribution in [0.25, 0.3) is 10.8 Å². The molecule has 3 aromatic carbocycles. The Morgan fingerprint density at radius 3 is 2.74 bits per heavy atom. The summed E-state index contributed by atoms with van der Waals surface area (Å²) >= 11 is 6.03. The van der Waals surface area contributed by atoms with E-state index in [0.717, 1.165) is 38.7 Å². The monoisotopic (exact) mass is 267 g/mol. The lowest BCUT2D eigenvalue weighted by molar-refractivity contribution is 0.482. The van der Waals surface area contributed by atoms with Gasteiger partial charge in [0.2, 0.25) is 0 Å². The fraction of sp³-hybridized carbons (Fsp3) is 0. The van der Waals surface area contributed by atoms with Gasteiger partial charge in [0.1, 0.15) is 0 Å². The van der Waals surface area contributed by atoms with Crippen molar-refractivity contribution in [1.82, 2.24) is 0 Å². The molecule has 3 heteroatoms. The molecule has 0 saturated heterocycles. The SMILES string of the molecule is Clc1ccc2c3c(ccc2c1)Oc1ccccc1N3. The molecule has 0 fully saturated rings. The highest BCUT2D eigenvalue weighted by Crippen LogP contribution is 2.45. The molecule has 0 atom stereocenters. The molecule has 0 aromatic heterocycles. The Hall–Kier alpha value is -2.19. The third-order valence-corrected chi connectivity index (χ3v) is 3.55. The molecule has 1 aliphatic heterocycles. The second-order valence-corrected chi connectivity index (χ2v) is 4.96. The van der Waals surface area contributed by atoms with Crippen molar-refractivity contribution in [2.75, 3.05) is 5.32 Å². The van der Waals surface area contributed by atoms with E-state index in [0.29, 0.717) is 0 Å². The number of hydrogen-bond donors (Lipinski definition) is 1. The molecular weight excluding hydrogens is 258 g/mol. The highest BCUT2D eigenvalue weighted by molar-refractivity contribution is 6.31. The van der Waals surface area contributed by atoms with Crippen molar-refractivity contribution in [2.45, 2.75) is 0 Å². The van der Waals surface area contributed by atoms with E-state index in [1.54, 1.807) is 0 Å². The van der Waals surface area contributed by atoms with E-state index >= 15 is 0 Å². The first-order chi connectivity index (χ1) is 9.31. The fourth-order valence-corrected chi connectivity index (χ4v) is 2.59. The minimum Gasteiger partial charge on any atom is -0.453 e. The van der Waals surface area contributed by atoms with Crippen LogP contribution in [0.1, 0.15) is 0 Å². The van der Waals surface area contributed by atoms with Crippen LogP contribution in [-0.2, 0) is 0 Å². The summed E-state index contributed by atoms with van der Waals surface area (Å²) in [6, 6.07) is 17.8. The minimum absolute atomic E-state index is 0.740. The van der Waals surface area contributed by atoms with E-state index in [-0.39, 0.29) is 0 Å². The third-order valence-electron chi connectivity index (χ3n) is 3.31. The van der Waals surface area contributed by atoms with Gasteiger partial charge in [-0.1, -0.05) is 35.9 Å². The van der Waals surface area contributed by atoms with Gasteiger partial charge in [-0.25, -0.2) is 0 Å². The molecule has 0 aliphatic carbocycles. The Balaban J connectivity index is 1.96. The van der Waals surface area contributed by atoms with Crippen molar-refractivity contribution in [3.8, 4) is 11.5 Å². The molecule has 3 aromatic rings. The van der Waals surface area contributed by atoms with Gasteiger partial charge in [-0.2, -0.15) is 0 Å². The van der Waals surface area contributed by atoms with Crippen molar-refractivity contribution in [2.24, 2.45) is 0 Å². The quantitative estimate of drug-likeness (QED) is 0.464. The fourth-order valence-electron chi connectivity index (χ4n) is 2.41. The summed E-state index contributed by atoms with van der Waals surface area (Å²) in [6.45, 7) is 0. The lowest BCUT2D eigenvalue weighted by atomic mass is 10.1. The van der Waals surface area contributed by atoms with Gasteiger partial charge in [0.25, 0.3) is 0 Å². The van der Waals surface area contributed by atoms with E-state index in [2.05, 4.69) is 5.32 Å². The van der Waals surface area contributed by atoms with Crippen LogP contribution in [0.5, 0.6) is 11.5 Å². The second kappa shape index (κ2) is 3.90. The highest BCUT2D eigenvalue weighted by Gasteiger charge is 2.17. The predicted octanol–water partition coefficient (Wildman–Crippen LogP) is 5.34. The summed E-state index contributed by atoms with van der Waals surface area (Å²) in [7, 11) is 0. The summed E-state index contributed by atoms with van der Waals surface area (Å²) < 4.78 is 5.92. The summed E-state index contributed by atoms with van der Waals surface area (Å²) in [5, 5.41) is 6.38. The van der Waals surface area contributed by atoms with Gasteiger partial charge in [-0.15, -0.1) is 0 Å². The van der Waals surface area contributed by atoms with Crippen LogP contribution >= 0.6 is 11.6 Å². The lowest BCUT2D eigenvalue weighted by Crippen LogP contribution is -2.02. The topological polar surface area (TPSA) is 21.3 Å². The molecule has 0 radical (unpaired) electrons. The first-order valence-corrected chi connectivity index (χ1v) is 6.45. The van der Waals surface area contributed by atoms with Crippen LogP contribution in [-0.4, -0.2) is 0 Å². The zero-order valence-corrected chi connectivity index (χ0v) is 10.7. The molecule has 19 heavy (non-hydrogen) atoms. The van der Waals surface area contributed by atoms with E-state index in [1.165, 1.54) is 0 Å². The lowest BCUT2D eigenvalue weighted by Gasteiger charge is -2.23. The molecule has 1 heterocycles. The van der Waals surface area contributed by atoms with Crippen LogP contribution in [0.3, 0.4) is 0 Å². The van der Waals surface area contributed by atoms with E-state index < -0.39 is 0 Å². The van der Waals surface area contributed by atoms with Gasteiger partial charge in [-0.3, -0.25) is 0 Å². The smallest absolute Gasteiger partial charge is 0.151 e. The van der Waals surface area contributed by atoms with Gasteiger partial charge in [0, 0.05) is 10.4 Å². The van der Waals surface area contributed by atoms with Gasteiger partial charge in [0.05, 0.1) is 11.4 Å². The third kappa shape index (κ3) is 1.65. The van der Waals surface area contributed by atoms with Gasteiger partial charge in [-0.05, 0) is 35.7 Å². The predicted molar refractivity (Wildman–Crippen MR) is 78.8 cm³/mol. The second-order valence-electron chi connectivity index (χ2n) is 4.53. The largest absolute Gasteiger partial charge is 0.453 e. The molecular formula is C16H10ClNO. The summed E-state index contributed by atoms with van der Waals surface area (Å²) in [4.78, 5) is 0.